The lowest BCUT2D eigenvalue weighted by Gasteiger charge is -2.30. The number of aromatic amines is 6. The molecular weight excluding hydrogens is 1480 g/mol. The summed E-state index contributed by atoms with van der Waals surface area (Å²) in [6.07, 6.45) is 22.6. The van der Waals surface area contributed by atoms with Crippen LogP contribution < -0.4 is 21.3 Å². The fraction of sp³-hybridized carbons (Fsp3) is 0.364. The maximum atomic E-state index is 13.9. The molecule has 6 aromatic carbocycles. The Kier molecular flexibility index (Phi) is 21.5. The Morgan fingerprint density at radius 1 is 0.405 bits per heavy atom. The van der Waals surface area contributed by atoms with Gasteiger partial charge in [-0.1, -0.05) is 116 Å². The molecule has 8 atom stereocenters. The van der Waals surface area contributed by atoms with Crippen molar-refractivity contribution in [3.05, 3.63) is 194 Å². The average Bonchev–Trinajstić information content (AvgIpc) is 1.50. The van der Waals surface area contributed by atoms with Crippen LogP contribution in [0, 0.1) is 23.7 Å². The zero-order valence-electron chi connectivity index (χ0n) is 66.4. The second-order valence-electron chi connectivity index (χ2n) is 32.4. The first kappa shape index (κ1) is 76.2. The molecule has 4 aliphatic rings. The van der Waals surface area contributed by atoms with Crippen molar-refractivity contribution in [3.8, 4) is 44.8 Å². The Balaban J connectivity index is 0.000000167. The van der Waals surface area contributed by atoms with Gasteiger partial charge in [0.1, 0.15) is 53.7 Å². The molecule has 596 valence electrons. The summed E-state index contributed by atoms with van der Waals surface area (Å²) < 4.78 is 5.39. The van der Waals surface area contributed by atoms with Crippen LogP contribution in [-0.2, 0) is 19.2 Å². The van der Waals surface area contributed by atoms with E-state index in [0.29, 0.717) is 44.1 Å². The topological polar surface area (TPSA) is 340 Å². The summed E-state index contributed by atoms with van der Waals surface area (Å²) in [7, 11) is 0. The van der Waals surface area contributed by atoms with Crippen LogP contribution in [-0.4, -0.2) is 163 Å². The largest absolute Gasteiger partial charge is 0.432 e. The standard InChI is InChI=1S/C44H49N11O3.C44H49N11O2S/c2*1-25(2)37(52-43-45-15-16-46-43)41(56)54-18-5-7-35(54)39-48-24-34(51-39)31-12-11-27-21-28(9-10-29(27)22-31)30-13-14-32-33(23-30)50-40(49-32)36-8-6-19-55(36)42(57)38(26(3)4)53-44-47-17-20-58-44/h2*9-17,20-26,35-38H,5-8,18-19H2,1-4H3,(H,47,53)(H,48,51)(H,49,50)(H2,45,46,52)/t2*35-,36-,37-,38-/m00/s1. The first-order valence-corrected chi connectivity index (χ1v) is 41.5. The zero-order valence-corrected chi connectivity index (χ0v) is 67.2. The number of thiazole rings is 1. The van der Waals surface area contributed by atoms with E-state index in [-0.39, 0.29) is 77.5 Å². The van der Waals surface area contributed by atoms with Gasteiger partial charge in [0, 0.05) is 73.7 Å². The predicted molar refractivity (Wildman–Crippen MR) is 453 cm³/mol. The molecule has 0 radical (unpaired) electrons. The number of nitrogens with zero attached hydrogens (tertiary/aromatic N) is 12. The number of amides is 4. The Morgan fingerprint density at radius 3 is 1.16 bits per heavy atom. The second-order valence-corrected chi connectivity index (χ2v) is 33.3. The van der Waals surface area contributed by atoms with Gasteiger partial charge in [-0.2, -0.15) is 0 Å². The number of likely N-dealkylation sites (tertiary alicyclic amines) is 4. The molecule has 12 heterocycles. The van der Waals surface area contributed by atoms with E-state index in [9.17, 15) is 19.2 Å². The van der Waals surface area contributed by atoms with Crippen LogP contribution in [0.1, 0.15) is 154 Å². The maximum Gasteiger partial charge on any atom is 0.295 e. The average molecular weight is 1580 g/mol. The molecule has 4 aliphatic heterocycles. The molecule has 4 amide bonds. The summed E-state index contributed by atoms with van der Waals surface area (Å²) in [5.41, 5.74) is 12.0. The number of aromatic nitrogens is 14. The molecule has 27 nitrogen and oxygen atoms in total. The summed E-state index contributed by atoms with van der Waals surface area (Å²) in [5, 5.41) is 20.3. The van der Waals surface area contributed by atoms with Crippen LogP contribution in [0.15, 0.2) is 175 Å². The monoisotopic (exact) mass is 1570 g/mol. The Hall–Kier alpha value is -12.5. The van der Waals surface area contributed by atoms with Gasteiger partial charge in [0.05, 0.1) is 76.2 Å². The molecule has 4 saturated heterocycles. The minimum Gasteiger partial charge on any atom is -0.432 e. The number of rotatable bonds is 24. The van der Waals surface area contributed by atoms with Gasteiger partial charge in [0.15, 0.2) is 5.13 Å². The number of hydrogen-bond donors (Lipinski definition) is 10. The molecule has 4 fully saturated rings. The fourth-order valence-electron chi connectivity index (χ4n) is 17.1. The SMILES string of the molecule is CC(C)[C@H](Nc1ncc[nH]1)C(=O)N1CCC[C@H]1c1ncc(-c2ccc3cc(-c4ccc5nc([C@@H]6CCCN6C(=O)[C@@H](Nc6ncco6)C(C)C)[nH]c5c4)ccc3c2)[nH]1.CC(C)[C@H](Nc1ncc[nH]1)C(=O)N1CCC[C@H]1c1ncc(-c2ccc3cc(-c4ccc5nc([C@@H]6CCCN6C(=O)[C@@H](Nc6nccs6)C(C)C)[nH]c5c4)ccc3c2)[nH]1. The van der Waals surface area contributed by atoms with Crippen LogP contribution >= 0.6 is 11.3 Å². The molecule has 0 unspecified atom stereocenters. The first-order chi connectivity index (χ1) is 56.4. The first-order valence-electron chi connectivity index (χ1n) is 40.6. The van der Waals surface area contributed by atoms with Gasteiger partial charge in [-0.15, -0.1) is 11.3 Å². The van der Waals surface area contributed by atoms with Crippen molar-refractivity contribution in [2.45, 2.75) is 155 Å². The van der Waals surface area contributed by atoms with E-state index in [0.717, 1.165) is 168 Å². The molecule has 0 spiro atoms. The van der Waals surface area contributed by atoms with Crippen molar-refractivity contribution in [3.63, 3.8) is 0 Å². The number of benzene rings is 6. The summed E-state index contributed by atoms with van der Waals surface area (Å²) in [6, 6.07) is 36.9. The van der Waals surface area contributed by atoms with Crippen molar-refractivity contribution < 1.29 is 23.6 Å². The van der Waals surface area contributed by atoms with Crippen LogP contribution in [0.2, 0.25) is 0 Å². The van der Waals surface area contributed by atoms with E-state index in [2.05, 4.69) is 188 Å². The third kappa shape index (κ3) is 15.7. The molecule has 0 aliphatic carbocycles. The number of carbonyl (C=O) groups is 4. The van der Waals surface area contributed by atoms with E-state index in [1.807, 2.05) is 85.0 Å². The quantitative estimate of drug-likeness (QED) is 0.0269. The minimum absolute atomic E-state index is 0.0199. The van der Waals surface area contributed by atoms with Crippen molar-refractivity contribution in [1.82, 2.24) is 89.4 Å². The van der Waals surface area contributed by atoms with Crippen molar-refractivity contribution in [2.75, 3.05) is 47.4 Å². The van der Waals surface area contributed by atoms with Crippen molar-refractivity contribution >= 4 is 102 Å². The molecule has 0 saturated carbocycles. The van der Waals surface area contributed by atoms with Gasteiger partial charge in [0.2, 0.25) is 35.5 Å². The van der Waals surface area contributed by atoms with Crippen LogP contribution in [0.4, 0.5) is 23.0 Å². The molecule has 116 heavy (non-hydrogen) atoms. The van der Waals surface area contributed by atoms with E-state index in [1.54, 1.807) is 37.2 Å². The van der Waals surface area contributed by atoms with E-state index in [4.69, 9.17) is 24.4 Å². The summed E-state index contributed by atoms with van der Waals surface area (Å²) >= 11 is 1.51. The molecule has 10 N–H and O–H groups in total. The second kappa shape index (κ2) is 32.8. The van der Waals surface area contributed by atoms with Gasteiger partial charge in [0.25, 0.3) is 6.01 Å². The smallest absolute Gasteiger partial charge is 0.295 e. The predicted octanol–water partition coefficient (Wildman–Crippen LogP) is 16.6. The number of hydrogen-bond acceptors (Lipinski definition) is 18. The lowest BCUT2D eigenvalue weighted by molar-refractivity contribution is -0.134. The Morgan fingerprint density at radius 2 is 0.784 bits per heavy atom. The number of fused-ring (bicyclic) bond motifs is 4. The van der Waals surface area contributed by atoms with Gasteiger partial charge in [-0.25, -0.2) is 39.9 Å². The molecule has 14 aromatic rings. The summed E-state index contributed by atoms with van der Waals surface area (Å²) in [6.45, 7) is 19.1. The lowest BCUT2D eigenvalue weighted by Crippen LogP contribution is -2.45. The Bertz CT molecular complexity index is 5430. The number of oxazole rings is 1. The number of carbonyl (C=O) groups excluding carboxylic acids is 4. The van der Waals surface area contributed by atoms with Crippen molar-refractivity contribution in [1.29, 1.82) is 0 Å². The number of nitrogens with one attached hydrogen (secondary N) is 10. The van der Waals surface area contributed by atoms with Crippen molar-refractivity contribution in [2.24, 2.45) is 23.7 Å². The summed E-state index contributed by atoms with van der Waals surface area (Å²) in [5.74, 6) is 4.97. The maximum absolute atomic E-state index is 13.9. The highest BCUT2D eigenvalue weighted by atomic mass is 32.1. The highest BCUT2D eigenvalue weighted by Crippen LogP contribution is 2.41. The number of anilines is 4. The Labute approximate surface area is 675 Å². The van der Waals surface area contributed by atoms with E-state index >= 15 is 0 Å². The normalized spacial score (nSPS) is 18.2. The third-order valence-electron chi connectivity index (χ3n) is 23.3. The minimum atomic E-state index is -0.462. The zero-order chi connectivity index (χ0) is 79.8. The van der Waals surface area contributed by atoms with E-state index in [1.165, 1.54) is 17.6 Å². The molecule has 8 aromatic heterocycles. The highest BCUT2D eigenvalue weighted by Gasteiger charge is 2.42. The van der Waals surface area contributed by atoms with Gasteiger partial charge < -0.3 is 75.2 Å². The van der Waals surface area contributed by atoms with Gasteiger partial charge in [-0.3, -0.25) is 19.2 Å². The lowest BCUT2D eigenvalue weighted by atomic mass is 9.99. The highest BCUT2D eigenvalue weighted by molar-refractivity contribution is 7.13. The third-order valence-corrected chi connectivity index (χ3v) is 24.0. The molecule has 0 bridgehead atoms. The van der Waals surface area contributed by atoms with Crippen LogP contribution in [0.5, 0.6) is 0 Å². The fourth-order valence-corrected chi connectivity index (χ4v) is 17.7. The molecule has 18 rings (SSSR count). The van der Waals surface area contributed by atoms with E-state index < -0.39 is 18.1 Å². The van der Waals surface area contributed by atoms with Gasteiger partial charge >= 0.3 is 0 Å². The number of H-pyrrole nitrogens is 6. The van der Waals surface area contributed by atoms with Crippen LogP contribution in [0.25, 0.3) is 88.4 Å². The molecular formula is C88H98N22O5S. The molecule has 28 heteroatoms. The van der Waals surface area contributed by atoms with Gasteiger partial charge in [-0.05, 0) is 167 Å². The number of imidazole rings is 6. The summed E-state index contributed by atoms with van der Waals surface area (Å²) in [4.78, 5) is 120. The van der Waals surface area contributed by atoms with Crippen LogP contribution in [0.3, 0.4) is 0 Å².